The van der Waals surface area contributed by atoms with E-state index in [9.17, 15) is 14.7 Å². The molecule has 2 fully saturated rings. The molecule has 4 nitrogen and oxygen atoms in total. The number of carbonyl (C=O) groups is 2. The molecule has 2 aliphatic rings. The average molecular weight is 197 g/mol. The first-order valence-corrected chi connectivity index (χ1v) is 5.06. The molecular formula is C10H15NO3. The summed E-state index contributed by atoms with van der Waals surface area (Å²) in [6, 6.07) is 0. The van der Waals surface area contributed by atoms with Crippen LogP contribution in [0.2, 0.25) is 0 Å². The maximum atomic E-state index is 11.4. The number of amides is 1. The Bertz CT molecular complexity index is 289. The van der Waals surface area contributed by atoms with Crippen LogP contribution in [0.3, 0.4) is 0 Å². The molecule has 0 aromatic rings. The van der Waals surface area contributed by atoms with Crippen LogP contribution in [-0.2, 0) is 9.59 Å². The maximum Gasteiger partial charge on any atom is 0.225 e. The normalized spacial score (nSPS) is 36.3. The molecule has 0 aromatic carbocycles. The Morgan fingerprint density at radius 2 is 2.43 bits per heavy atom. The predicted octanol–water partition coefficient (Wildman–Crippen LogP) is 0.296. The molecule has 2 rings (SSSR count). The molecular weight excluding hydrogens is 182 g/mol. The van der Waals surface area contributed by atoms with E-state index in [2.05, 4.69) is 0 Å². The van der Waals surface area contributed by atoms with Crippen molar-refractivity contribution in [3.8, 4) is 0 Å². The maximum absolute atomic E-state index is 11.4. The molecule has 1 N–H and O–H groups in total. The van der Waals surface area contributed by atoms with E-state index in [0.29, 0.717) is 25.8 Å². The van der Waals surface area contributed by atoms with Crippen molar-refractivity contribution in [1.29, 1.82) is 0 Å². The molecule has 4 heteroatoms. The van der Waals surface area contributed by atoms with Crippen LogP contribution in [0.5, 0.6) is 0 Å². The van der Waals surface area contributed by atoms with E-state index in [4.69, 9.17) is 0 Å². The Morgan fingerprint density at radius 3 is 3.07 bits per heavy atom. The van der Waals surface area contributed by atoms with Crippen LogP contribution >= 0.6 is 0 Å². The minimum absolute atomic E-state index is 0.0264. The fourth-order valence-electron chi connectivity index (χ4n) is 2.65. The molecule has 0 aliphatic carbocycles. The van der Waals surface area contributed by atoms with Gasteiger partial charge in [0.1, 0.15) is 11.5 Å². The van der Waals surface area contributed by atoms with Crippen LogP contribution < -0.4 is 0 Å². The number of aliphatic hydroxyl groups is 1. The molecule has 0 spiro atoms. The number of hydrogen-bond acceptors (Lipinski definition) is 3. The van der Waals surface area contributed by atoms with E-state index in [1.165, 1.54) is 6.92 Å². The minimum Gasteiger partial charge on any atom is -0.370 e. The minimum atomic E-state index is -1.01. The highest BCUT2D eigenvalue weighted by Crippen LogP contribution is 2.43. The fourth-order valence-corrected chi connectivity index (χ4v) is 2.65. The highest BCUT2D eigenvalue weighted by Gasteiger charge is 2.53. The average Bonchev–Trinajstić information content (AvgIpc) is 2.53. The van der Waals surface area contributed by atoms with Crippen molar-refractivity contribution in [2.45, 2.75) is 38.3 Å². The van der Waals surface area contributed by atoms with Crippen LogP contribution in [0.4, 0.5) is 0 Å². The van der Waals surface area contributed by atoms with Gasteiger partial charge in [-0.3, -0.25) is 4.79 Å². The third kappa shape index (κ3) is 1.25. The summed E-state index contributed by atoms with van der Waals surface area (Å²) in [7, 11) is 0. The SMILES string of the molecule is CC(=O)CC1CCN2C(=O)CCC12O. The Morgan fingerprint density at radius 1 is 1.71 bits per heavy atom. The third-order valence-corrected chi connectivity index (χ3v) is 3.36. The number of Topliss-reactive ketones (excluding diaryl/α,β-unsaturated/α-hetero) is 1. The Hall–Kier alpha value is -0.900. The second-order valence-electron chi connectivity index (χ2n) is 4.32. The second-order valence-corrected chi connectivity index (χ2v) is 4.32. The molecule has 2 saturated heterocycles. The zero-order valence-corrected chi connectivity index (χ0v) is 8.32. The van der Waals surface area contributed by atoms with Crippen molar-refractivity contribution < 1.29 is 14.7 Å². The molecule has 2 atom stereocenters. The monoisotopic (exact) mass is 197 g/mol. The van der Waals surface area contributed by atoms with Gasteiger partial charge in [-0.25, -0.2) is 0 Å². The fraction of sp³-hybridized carbons (Fsp3) is 0.800. The van der Waals surface area contributed by atoms with E-state index in [-0.39, 0.29) is 17.6 Å². The second kappa shape index (κ2) is 3.05. The van der Waals surface area contributed by atoms with Crippen molar-refractivity contribution in [2.24, 2.45) is 5.92 Å². The zero-order chi connectivity index (χ0) is 10.3. The van der Waals surface area contributed by atoms with Gasteiger partial charge in [-0.15, -0.1) is 0 Å². The topological polar surface area (TPSA) is 57.6 Å². The first kappa shape index (κ1) is 9.65. The molecule has 14 heavy (non-hydrogen) atoms. The van der Waals surface area contributed by atoms with Gasteiger partial charge in [-0.05, 0) is 13.3 Å². The zero-order valence-electron chi connectivity index (χ0n) is 8.32. The molecule has 0 aromatic heterocycles. The van der Waals surface area contributed by atoms with E-state index in [0.717, 1.165) is 6.42 Å². The smallest absolute Gasteiger partial charge is 0.225 e. The number of fused-ring (bicyclic) bond motifs is 1. The molecule has 78 valence electrons. The van der Waals surface area contributed by atoms with Crippen LogP contribution in [0.1, 0.15) is 32.6 Å². The quantitative estimate of drug-likeness (QED) is 0.692. The summed E-state index contributed by atoms with van der Waals surface area (Å²) in [5, 5.41) is 10.3. The summed E-state index contributed by atoms with van der Waals surface area (Å²) in [6.45, 7) is 2.13. The van der Waals surface area contributed by atoms with E-state index < -0.39 is 5.72 Å². The van der Waals surface area contributed by atoms with E-state index >= 15 is 0 Å². The highest BCUT2D eigenvalue weighted by molar-refractivity contribution is 5.81. The molecule has 0 radical (unpaired) electrons. The number of ketones is 1. The van der Waals surface area contributed by atoms with Gasteiger partial charge in [0.2, 0.25) is 5.91 Å². The van der Waals surface area contributed by atoms with Crippen LogP contribution in [0.15, 0.2) is 0 Å². The van der Waals surface area contributed by atoms with Gasteiger partial charge >= 0.3 is 0 Å². The molecule has 0 saturated carbocycles. The summed E-state index contributed by atoms with van der Waals surface area (Å²) in [5.74, 6) is 0.0645. The lowest BCUT2D eigenvalue weighted by molar-refractivity contribution is -0.145. The number of nitrogens with zero attached hydrogens (tertiary/aromatic N) is 1. The summed E-state index contributed by atoms with van der Waals surface area (Å²) in [5.41, 5.74) is -1.01. The standard InChI is InChI=1S/C10H15NO3/c1-7(12)6-8-3-5-11-9(13)2-4-10(8,11)14/h8,14H,2-6H2,1H3. The third-order valence-electron chi connectivity index (χ3n) is 3.36. The van der Waals surface area contributed by atoms with Crippen LogP contribution in [0.25, 0.3) is 0 Å². The number of hydrogen-bond donors (Lipinski definition) is 1. The lowest BCUT2D eigenvalue weighted by Crippen LogP contribution is -2.44. The lowest BCUT2D eigenvalue weighted by Gasteiger charge is -2.30. The summed E-state index contributed by atoms with van der Waals surface area (Å²) in [6.07, 6.45) is 2.05. The molecule has 2 aliphatic heterocycles. The Labute approximate surface area is 82.9 Å². The van der Waals surface area contributed by atoms with Crippen molar-refractivity contribution in [2.75, 3.05) is 6.54 Å². The summed E-state index contributed by atoms with van der Waals surface area (Å²) in [4.78, 5) is 23.9. The first-order chi connectivity index (χ1) is 6.54. The predicted molar refractivity (Wildman–Crippen MR) is 49.3 cm³/mol. The van der Waals surface area contributed by atoms with Gasteiger partial charge in [0.15, 0.2) is 0 Å². The van der Waals surface area contributed by atoms with Gasteiger partial charge in [-0.2, -0.15) is 0 Å². The first-order valence-electron chi connectivity index (χ1n) is 5.06. The molecule has 1 amide bonds. The van der Waals surface area contributed by atoms with Gasteiger partial charge in [-0.1, -0.05) is 0 Å². The van der Waals surface area contributed by atoms with Gasteiger partial charge in [0.05, 0.1) is 0 Å². The van der Waals surface area contributed by atoms with E-state index in [1.54, 1.807) is 4.90 Å². The van der Waals surface area contributed by atoms with Crippen molar-refractivity contribution >= 4 is 11.7 Å². The van der Waals surface area contributed by atoms with Crippen molar-refractivity contribution in [3.63, 3.8) is 0 Å². The number of carbonyl (C=O) groups excluding carboxylic acids is 2. The Balaban J connectivity index is 2.16. The van der Waals surface area contributed by atoms with Crippen LogP contribution in [-0.4, -0.2) is 34.0 Å². The van der Waals surface area contributed by atoms with Gasteiger partial charge in [0.25, 0.3) is 0 Å². The van der Waals surface area contributed by atoms with Crippen LogP contribution in [0, 0.1) is 5.92 Å². The van der Waals surface area contributed by atoms with Crippen molar-refractivity contribution in [1.82, 2.24) is 4.90 Å². The lowest BCUT2D eigenvalue weighted by atomic mass is 9.90. The van der Waals surface area contributed by atoms with Gasteiger partial charge < -0.3 is 14.8 Å². The van der Waals surface area contributed by atoms with E-state index in [1.807, 2.05) is 0 Å². The van der Waals surface area contributed by atoms with Gasteiger partial charge in [0, 0.05) is 31.7 Å². The molecule has 2 heterocycles. The molecule has 2 unspecified atom stereocenters. The summed E-state index contributed by atoms with van der Waals surface area (Å²) < 4.78 is 0. The Kier molecular flexibility index (Phi) is 2.10. The molecule has 0 bridgehead atoms. The summed E-state index contributed by atoms with van der Waals surface area (Å²) >= 11 is 0. The number of rotatable bonds is 2. The highest BCUT2D eigenvalue weighted by atomic mass is 16.3. The largest absolute Gasteiger partial charge is 0.370 e. The van der Waals surface area contributed by atoms with Crippen molar-refractivity contribution in [3.05, 3.63) is 0 Å².